The number of aliphatic hydroxyl groups excluding tert-OH is 1. The van der Waals surface area contributed by atoms with Crippen LogP contribution in [0.15, 0.2) is 30.6 Å². The molecule has 0 saturated heterocycles. The summed E-state index contributed by atoms with van der Waals surface area (Å²) in [6, 6.07) is 5.88. The lowest BCUT2D eigenvalue weighted by atomic mass is 10.1. The summed E-state index contributed by atoms with van der Waals surface area (Å²) in [5.74, 6) is 0. The molecule has 0 saturated carbocycles. The molecule has 0 spiro atoms. The smallest absolute Gasteiger partial charge is 0.194 e. The van der Waals surface area contributed by atoms with Crippen molar-refractivity contribution < 1.29 is 5.11 Å². The van der Waals surface area contributed by atoms with Crippen LogP contribution >= 0.6 is 11.3 Å². The molecule has 0 aliphatic rings. The van der Waals surface area contributed by atoms with Crippen molar-refractivity contribution in [2.75, 3.05) is 6.54 Å². The van der Waals surface area contributed by atoms with Crippen LogP contribution in [0.3, 0.4) is 0 Å². The normalized spacial score (nSPS) is 13.6. The monoisotopic (exact) mass is 233 g/mol. The fraction of sp³-hybridized carbons (Fsp3) is 0.182. The van der Waals surface area contributed by atoms with Gasteiger partial charge in [-0.05, 0) is 17.7 Å². The maximum Gasteiger partial charge on any atom is 0.194 e. The van der Waals surface area contributed by atoms with Gasteiger partial charge in [0.15, 0.2) is 4.96 Å². The lowest BCUT2D eigenvalue weighted by Crippen LogP contribution is -2.11. The fourth-order valence-corrected chi connectivity index (χ4v) is 2.84. The summed E-state index contributed by atoms with van der Waals surface area (Å²) in [4.78, 5) is 5.21. The molecule has 3 rings (SSSR count). The highest BCUT2D eigenvalue weighted by atomic mass is 32.1. The first kappa shape index (κ1) is 9.77. The molecular weight excluding hydrogens is 222 g/mol. The predicted molar refractivity (Wildman–Crippen MR) is 64.6 cm³/mol. The molecule has 0 amide bonds. The second kappa shape index (κ2) is 3.55. The highest BCUT2D eigenvalue weighted by molar-refractivity contribution is 7.23. The lowest BCUT2D eigenvalue weighted by molar-refractivity contribution is 0.187. The minimum absolute atomic E-state index is 0.244. The van der Waals surface area contributed by atoms with E-state index >= 15 is 0 Å². The summed E-state index contributed by atoms with van der Waals surface area (Å²) >= 11 is 1.61. The number of nitrogens with two attached hydrogens (primary N) is 1. The minimum Gasteiger partial charge on any atom is -0.387 e. The Morgan fingerprint density at radius 2 is 2.38 bits per heavy atom. The lowest BCUT2D eigenvalue weighted by Gasteiger charge is -2.07. The van der Waals surface area contributed by atoms with Crippen molar-refractivity contribution in [1.29, 1.82) is 0 Å². The summed E-state index contributed by atoms with van der Waals surface area (Å²) in [7, 11) is 0. The van der Waals surface area contributed by atoms with Gasteiger partial charge in [-0.3, -0.25) is 4.40 Å². The number of benzene rings is 1. The highest BCUT2D eigenvalue weighted by Gasteiger charge is 2.09. The minimum atomic E-state index is -0.584. The number of imidazole rings is 1. The molecule has 3 aromatic rings. The number of nitrogens with zero attached hydrogens (tertiary/aromatic N) is 2. The van der Waals surface area contributed by atoms with Crippen molar-refractivity contribution in [2.24, 2.45) is 5.73 Å². The molecule has 0 aliphatic heterocycles. The van der Waals surface area contributed by atoms with Crippen LogP contribution in [0.4, 0.5) is 0 Å². The van der Waals surface area contributed by atoms with E-state index in [1.807, 2.05) is 28.8 Å². The molecule has 1 aromatic carbocycles. The van der Waals surface area contributed by atoms with Crippen LogP contribution in [0, 0.1) is 0 Å². The third-order valence-corrected chi connectivity index (χ3v) is 3.69. The van der Waals surface area contributed by atoms with Gasteiger partial charge in [-0.1, -0.05) is 17.4 Å². The van der Waals surface area contributed by atoms with E-state index in [4.69, 9.17) is 5.73 Å². The first-order valence-electron chi connectivity index (χ1n) is 5.03. The van der Waals surface area contributed by atoms with E-state index in [0.717, 1.165) is 20.7 Å². The van der Waals surface area contributed by atoms with E-state index < -0.39 is 6.10 Å². The van der Waals surface area contributed by atoms with Crippen molar-refractivity contribution >= 4 is 26.5 Å². The SMILES string of the molecule is NCC(O)c1ccc2c(c1)sc1nccn12. The summed E-state index contributed by atoms with van der Waals surface area (Å²) in [6.45, 7) is 0.244. The number of aromatic nitrogens is 2. The average Bonchev–Trinajstić information content (AvgIpc) is 2.86. The van der Waals surface area contributed by atoms with Crippen LogP contribution in [0.2, 0.25) is 0 Å². The Hall–Kier alpha value is -1.43. The summed E-state index contributed by atoms with van der Waals surface area (Å²) in [6.07, 6.45) is 3.14. The van der Waals surface area contributed by atoms with E-state index in [1.54, 1.807) is 17.5 Å². The van der Waals surface area contributed by atoms with Gasteiger partial charge in [0, 0.05) is 18.9 Å². The van der Waals surface area contributed by atoms with Gasteiger partial charge in [-0.25, -0.2) is 4.98 Å². The third-order valence-electron chi connectivity index (χ3n) is 2.66. The van der Waals surface area contributed by atoms with E-state index in [2.05, 4.69) is 4.98 Å². The summed E-state index contributed by atoms with van der Waals surface area (Å²) < 4.78 is 3.16. The van der Waals surface area contributed by atoms with Gasteiger partial charge in [-0.15, -0.1) is 0 Å². The van der Waals surface area contributed by atoms with Crippen LogP contribution in [0.5, 0.6) is 0 Å². The number of thiazole rings is 1. The van der Waals surface area contributed by atoms with Gasteiger partial charge in [0.05, 0.1) is 16.3 Å². The van der Waals surface area contributed by atoms with Crippen LogP contribution in [0.1, 0.15) is 11.7 Å². The number of aliphatic hydroxyl groups is 1. The van der Waals surface area contributed by atoms with Crippen LogP contribution in [-0.4, -0.2) is 21.0 Å². The Labute approximate surface area is 96.0 Å². The van der Waals surface area contributed by atoms with E-state index in [-0.39, 0.29) is 6.54 Å². The molecule has 2 heterocycles. The maximum absolute atomic E-state index is 9.67. The second-order valence-corrected chi connectivity index (χ2v) is 4.67. The summed E-state index contributed by atoms with van der Waals surface area (Å²) in [5.41, 5.74) is 7.42. The van der Waals surface area contributed by atoms with Gasteiger partial charge in [0.1, 0.15) is 0 Å². The molecule has 82 valence electrons. The van der Waals surface area contributed by atoms with Gasteiger partial charge in [0.25, 0.3) is 0 Å². The molecule has 0 radical (unpaired) electrons. The van der Waals surface area contributed by atoms with Crippen molar-refractivity contribution in [1.82, 2.24) is 9.38 Å². The Morgan fingerprint density at radius 1 is 1.50 bits per heavy atom. The molecule has 2 aromatic heterocycles. The average molecular weight is 233 g/mol. The number of fused-ring (bicyclic) bond motifs is 3. The first-order valence-corrected chi connectivity index (χ1v) is 5.85. The highest BCUT2D eigenvalue weighted by Crippen LogP contribution is 2.27. The van der Waals surface area contributed by atoms with E-state index in [1.165, 1.54) is 0 Å². The molecule has 16 heavy (non-hydrogen) atoms. The van der Waals surface area contributed by atoms with Crippen molar-refractivity contribution in [3.63, 3.8) is 0 Å². The zero-order valence-electron chi connectivity index (χ0n) is 8.50. The van der Waals surface area contributed by atoms with Gasteiger partial charge >= 0.3 is 0 Å². The van der Waals surface area contributed by atoms with Crippen molar-refractivity contribution in [3.05, 3.63) is 36.2 Å². The van der Waals surface area contributed by atoms with Gasteiger partial charge < -0.3 is 10.8 Å². The Bertz CT molecular complexity index is 643. The van der Waals surface area contributed by atoms with Crippen molar-refractivity contribution in [3.8, 4) is 0 Å². The molecule has 0 fully saturated rings. The standard InChI is InChI=1S/C11H11N3OS/c12-6-9(15)7-1-2-8-10(5-7)16-11-13-3-4-14(8)11/h1-5,9,15H,6,12H2. The summed E-state index contributed by atoms with van der Waals surface area (Å²) in [5, 5.41) is 9.67. The Kier molecular flexibility index (Phi) is 2.17. The molecule has 0 aliphatic carbocycles. The van der Waals surface area contributed by atoms with Gasteiger partial charge in [0.2, 0.25) is 0 Å². The van der Waals surface area contributed by atoms with E-state index in [9.17, 15) is 5.11 Å². The molecule has 5 heteroatoms. The molecular formula is C11H11N3OS. The zero-order chi connectivity index (χ0) is 11.1. The molecule has 3 N–H and O–H groups in total. The van der Waals surface area contributed by atoms with Gasteiger partial charge in [-0.2, -0.15) is 0 Å². The van der Waals surface area contributed by atoms with Crippen LogP contribution in [0.25, 0.3) is 15.2 Å². The van der Waals surface area contributed by atoms with E-state index in [0.29, 0.717) is 0 Å². The maximum atomic E-state index is 9.67. The fourth-order valence-electron chi connectivity index (χ4n) is 1.80. The Morgan fingerprint density at radius 3 is 3.19 bits per heavy atom. The molecule has 4 nitrogen and oxygen atoms in total. The molecule has 1 unspecified atom stereocenters. The third kappa shape index (κ3) is 1.33. The number of hydrogen-bond acceptors (Lipinski definition) is 4. The zero-order valence-corrected chi connectivity index (χ0v) is 9.31. The number of hydrogen-bond donors (Lipinski definition) is 2. The molecule has 0 bridgehead atoms. The Balaban J connectivity index is 2.24. The predicted octanol–water partition coefficient (Wildman–Crippen LogP) is 1.54. The molecule has 1 atom stereocenters. The van der Waals surface area contributed by atoms with Crippen LogP contribution < -0.4 is 5.73 Å². The van der Waals surface area contributed by atoms with Crippen molar-refractivity contribution in [2.45, 2.75) is 6.10 Å². The second-order valence-electron chi connectivity index (χ2n) is 3.66. The topological polar surface area (TPSA) is 63.5 Å². The largest absolute Gasteiger partial charge is 0.387 e. The van der Waals surface area contributed by atoms with Crippen LogP contribution in [-0.2, 0) is 0 Å². The first-order chi connectivity index (χ1) is 7.79. The number of rotatable bonds is 2. The quantitative estimate of drug-likeness (QED) is 0.705.